The molecule has 0 rings (SSSR count). The van der Waals surface area contributed by atoms with Gasteiger partial charge in [-0.25, -0.2) is 0 Å². The molecule has 0 aromatic heterocycles. The maximum absolute atomic E-state index is 7.99. The molecule has 0 aliphatic heterocycles. The molecule has 0 aromatic carbocycles. The Hall–Kier alpha value is -1.18. The summed E-state index contributed by atoms with van der Waals surface area (Å²) in [7, 11) is 0. The second kappa shape index (κ2) is 9.68. The van der Waals surface area contributed by atoms with Crippen molar-refractivity contribution in [1.82, 2.24) is 0 Å². The molecule has 0 amide bonds. The fourth-order valence-corrected chi connectivity index (χ4v) is 2.50. The molecule has 0 spiro atoms. The van der Waals surface area contributed by atoms with E-state index in [4.69, 9.17) is 5.41 Å². The Balaban J connectivity index is 5.23. The first kappa shape index (κ1) is 18.8. The van der Waals surface area contributed by atoms with Crippen molar-refractivity contribution < 1.29 is 0 Å². The second-order valence-corrected chi connectivity index (χ2v) is 5.96. The van der Waals surface area contributed by atoms with Crippen molar-refractivity contribution in [2.24, 2.45) is 16.8 Å². The van der Waals surface area contributed by atoms with Crippen LogP contribution in [-0.4, -0.2) is 11.9 Å². The molecule has 0 fully saturated rings. The van der Waals surface area contributed by atoms with Crippen LogP contribution in [-0.2, 0) is 0 Å². The van der Waals surface area contributed by atoms with Crippen molar-refractivity contribution in [3.63, 3.8) is 0 Å². The standard InChI is InChI=1S/C18H32N2/c1-8-17(11-10-13(3)4)12-14(5)18(15(6)19)16(7)20-9-2/h9,12-13,17,19H,8,10-11H2,1-7H3/b14-12-,18-16-,19-15?,20-9?. The lowest BCUT2D eigenvalue weighted by Gasteiger charge is -2.15. The molecule has 2 nitrogen and oxygen atoms in total. The van der Waals surface area contributed by atoms with Crippen molar-refractivity contribution in [1.29, 1.82) is 5.41 Å². The number of nitrogens with one attached hydrogen (secondary N) is 1. The van der Waals surface area contributed by atoms with Crippen LogP contribution in [0.15, 0.2) is 27.9 Å². The highest BCUT2D eigenvalue weighted by molar-refractivity contribution is 6.00. The normalized spacial score (nSPS) is 15.7. The third-order valence-electron chi connectivity index (χ3n) is 3.58. The zero-order valence-electron chi connectivity index (χ0n) is 14.4. The number of rotatable bonds is 8. The maximum Gasteiger partial charge on any atom is 0.0461 e. The minimum absolute atomic E-state index is 0.598. The Kier molecular flexibility index (Phi) is 9.11. The summed E-state index contributed by atoms with van der Waals surface area (Å²) in [5.74, 6) is 1.36. The van der Waals surface area contributed by atoms with Gasteiger partial charge in [0.2, 0.25) is 0 Å². The molecular formula is C18H32N2. The highest BCUT2D eigenvalue weighted by Gasteiger charge is 2.11. The predicted octanol–water partition coefficient (Wildman–Crippen LogP) is 5.80. The summed E-state index contributed by atoms with van der Waals surface area (Å²) in [6.07, 6.45) is 7.78. The summed E-state index contributed by atoms with van der Waals surface area (Å²) in [4.78, 5) is 4.35. The van der Waals surface area contributed by atoms with Crippen LogP contribution >= 0.6 is 0 Å². The summed E-state index contributed by atoms with van der Waals surface area (Å²) in [5.41, 5.74) is 3.72. The highest BCUT2D eigenvalue weighted by atomic mass is 14.7. The summed E-state index contributed by atoms with van der Waals surface area (Å²) in [6.45, 7) is 14.6. The first-order valence-electron chi connectivity index (χ1n) is 7.77. The van der Waals surface area contributed by atoms with Gasteiger partial charge in [0.25, 0.3) is 0 Å². The van der Waals surface area contributed by atoms with Crippen LogP contribution in [0, 0.1) is 17.2 Å². The van der Waals surface area contributed by atoms with Crippen LogP contribution in [0.1, 0.15) is 67.7 Å². The average Bonchev–Trinajstić information content (AvgIpc) is 2.34. The smallest absolute Gasteiger partial charge is 0.0461 e. The zero-order chi connectivity index (χ0) is 15.7. The van der Waals surface area contributed by atoms with Crippen molar-refractivity contribution >= 4 is 11.9 Å². The van der Waals surface area contributed by atoms with Gasteiger partial charge in [-0.15, -0.1) is 0 Å². The number of nitrogens with zero attached hydrogens (tertiary/aromatic N) is 1. The Morgan fingerprint density at radius 3 is 2.15 bits per heavy atom. The minimum atomic E-state index is 0.598. The Morgan fingerprint density at radius 1 is 1.15 bits per heavy atom. The van der Waals surface area contributed by atoms with Crippen molar-refractivity contribution in [2.75, 3.05) is 0 Å². The predicted molar refractivity (Wildman–Crippen MR) is 91.9 cm³/mol. The Labute approximate surface area is 125 Å². The molecule has 0 radical (unpaired) electrons. The molecule has 0 bridgehead atoms. The molecular weight excluding hydrogens is 244 g/mol. The molecule has 0 heterocycles. The molecule has 114 valence electrons. The van der Waals surface area contributed by atoms with Crippen LogP contribution in [0.25, 0.3) is 0 Å². The molecule has 0 aliphatic carbocycles. The Bertz CT molecular complexity index is 398. The van der Waals surface area contributed by atoms with Gasteiger partial charge in [0.05, 0.1) is 0 Å². The molecule has 0 aromatic rings. The van der Waals surface area contributed by atoms with E-state index in [1.54, 1.807) is 6.21 Å². The number of allylic oxidation sites excluding steroid dienone is 4. The SMILES string of the molecule is CC=N/C(C)=C(C(C)=N)/C(C)=C\C(CC)CCC(C)C. The van der Waals surface area contributed by atoms with Gasteiger partial charge >= 0.3 is 0 Å². The number of aliphatic imine (C=N–C) groups is 1. The summed E-state index contributed by atoms with van der Waals surface area (Å²) < 4.78 is 0. The molecule has 20 heavy (non-hydrogen) atoms. The molecule has 1 atom stereocenters. The second-order valence-electron chi connectivity index (χ2n) is 5.96. The zero-order valence-corrected chi connectivity index (χ0v) is 14.4. The van der Waals surface area contributed by atoms with E-state index in [1.807, 2.05) is 20.8 Å². The quantitative estimate of drug-likeness (QED) is 0.429. The van der Waals surface area contributed by atoms with Gasteiger partial charge in [0.1, 0.15) is 0 Å². The molecule has 1 unspecified atom stereocenters. The number of hydrogen-bond acceptors (Lipinski definition) is 2. The van der Waals surface area contributed by atoms with Crippen LogP contribution in [0.2, 0.25) is 0 Å². The van der Waals surface area contributed by atoms with Gasteiger partial charge in [-0.3, -0.25) is 4.99 Å². The fourth-order valence-electron chi connectivity index (χ4n) is 2.50. The average molecular weight is 276 g/mol. The monoisotopic (exact) mass is 276 g/mol. The van der Waals surface area contributed by atoms with Crippen LogP contribution in [0.5, 0.6) is 0 Å². The van der Waals surface area contributed by atoms with E-state index < -0.39 is 0 Å². The van der Waals surface area contributed by atoms with E-state index in [2.05, 4.69) is 38.8 Å². The lowest BCUT2D eigenvalue weighted by Crippen LogP contribution is -2.04. The lowest BCUT2D eigenvalue weighted by atomic mass is 9.91. The third kappa shape index (κ3) is 6.83. The molecule has 2 heteroatoms. The summed E-state index contributed by atoms with van der Waals surface area (Å²) in [6, 6.07) is 0. The van der Waals surface area contributed by atoms with Crippen LogP contribution in [0.3, 0.4) is 0 Å². The topological polar surface area (TPSA) is 36.2 Å². The van der Waals surface area contributed by atoms with E-state index in [0.29, 0.717) is 11.6 Å². The van der Waals surface area contributed by atoms with Gasteiger partial charge in [0.15, 0.2) is 0 Å². The van der Waals surface area contributed by atoms with Crippen molar-refractivity contribution in [2.45, 2.75) is 67.7 Å². The van der Waals surface area contributed by atoms with E-state index in [-0.39, 0.29) is 0 Å². The lowest BCUT2D eigenvalue weighted by molar-refractivity contribution is 0.471. The van der Waals surface area contributed by atoms with Gasteiger partial charge in [-0.2, -0.15) is 0 Å². The molecule has 0 aliphatic rings. The Morgan fingerprint density at radius 2 is 1.75 bits per heavy atom. The first-order chi connectivity index (χ1) is 9.33. The molecule has 1 N–H and O–H groups in total. The van der Waals surface area contributed by atoms with E-state index in [0.717, 1.165) is 23.6 Å². The van der Waals surface area contributed by atoms with Gasteiger partial charge < -0.3 is 5.41 Å². The van der Waals surface area contributed by atoms with E-state index >= 15 is 0 Å². The fraction of sp³-hybridized carbons (Fsp3) is 0.667. The summed E-state index contributed by atoms with van der Waals surface area (Å²) in [5, 5.41) is 7.99. The van der Waals surface area contributed by atoms with Crippen LogP contribution in [0.4, 0.5) is 0 Å². The van der Waals surface area contributed by atoms with Gasteiger partial charge in [-0.1, -0.05) is 33.3 Å². The largest absolute Gasteiger partial charge is 0.305 e. The van der Waals surface area contributed by atoms with Gasteiger partial charge in [-0.05, 0) is 57.9 Å². The third-order valence-corrected chi connectivity index (χ3v) is 3.58. The van der Waals surface area contributed by atoms with Crippen molar-refractivity contribution in [3.05, 3.63) is 22.9 Å². The van der Waals surface area contributed by atoms with Crippen LogP contribution < -0.4 is 0 Å². The number of hydrogen-bond donors (Lipinski definition) is 1. The first-order valence-corrected chi connectivity index (χ1v) is 7.77. The summed E-state index contributed by atoms with van der Waals surface area (Å²) >= 11 is 0. The maximum atomic E-state index is 7.99. The van der Waals surface area contributed by atoms with Crippen molar-refractivity contribution in [3.8, 4) is 0 Å². The van der Waals surface area contributed by atoms with E-state index in [1.165, 1.54) is 18.4 Å². The molecule has 0 saturated heterocycles. The van der Waals surface area contributed by atoms with Gasteiger partial charge in [0, 0.05) is 23.2 Å². The minimum Gasteiger partial charge on any atom is -0.305 e. The van der Waals surface area contributed by atoms with E-state index in [9.17, 15) is 0 Å². The molecule has 0 saturated carbocycles. The highest BCUT2D eigenvalue weighted by Crippen LogP contribution is 2.23.